The molecule has 12 heteroatoms. The van der Waals surface area contributed by atoms with Gasteiger partial charge >= 0.3 is 0 Å². The van der Waals surface area contributed by atoms with E-state index in [1.807, 2.05) is 19.2 Å². The van der Waals surface area contributed by atoms with Crippen molar-refractivity contribution < 1.29 is 9.13 Å². The second kappa shape index (κ2) is 10.9. The van der Waals surface area contributed by atoms with E-state index in [0.717, 1.165) is 43.9 Å². The quantitative estimate of drug-likeness (QED) is 0.253. The Kier molecular flexibility index (Phi) is 7.48. The summed E-state index contributed by atoms with van der Waals surface area (Å²) in [7, 11) is 0. The first-order valence-electron chi connectivity index (χ1n) is 13.5. The number of rotatable bonds is 6. The van der Waals surface area contributed by atoms with Crippen LogP contribution >= 0.6 is 23.4 Å². The van der Waals surface area contributed by atoms with Crippen LogP contribution in [0.25, 0.3) is 10.9 Å². The molecule has 0 radical (unpaired) electrons. The molecular formula is C29H31ClFN7O2S. The predicted molar refractivity (Wildman–Crippen MR) is 160 cm³/mol. The summed E-state index contributed by atoms with van der Waals surface area (Å²) in [6.07, 6.45) is 7.71. The highest BCUT2D eigenvalue weighted by Gasteiger charge is 2.46. The van der Waals surface area contributed by atoms with Crippen molar-refractivity contribution in [3.05, 3.63) is 74.7 Å². The second-order valence-corrected chi connectivity index (χ2v) is 12.5. The fourth-order valence-electron chi connectivity index (χ4n) is 5.96. The molecule has 2 aromatic heterocycles. The van der Waals surface area contributed by atoms with Gasteiger partial charge in [0.25, 0.3) is 5.56 Å². The molecule has 0 bridgehead atoms. The van der Waals surface area contributed by atoms with Crippen LogP contribution in [0, 0.1) is 5.41 Å². The van der Waals surface area contributed by atoms with E-state index >= 15 is 0 Å². The Morgan fingerprint density at radius 1 is 1.32 bits per heavy atom. The van der Waals surface area contributed by atoms with Gasteiger partial charge in [0.15, 0.2) is 5.67 Å². The van der Waals surface area contributed by atoms with E-state index in [9.17, 15) is 9.18 Å². The molecule has 0 amide bonds. The van der Waals surface area contributed by atoms with Gasteiger partial charge in [-0.2, -0.15) is 0 Å². The van der Waals surface area contributed by atoms with E-state index in [1.165, 1.54) is 28.2 Å². The van der Waals surface area contributed by atoms with Crippen molar-refractivity contribution in [1.29, 1.82) is 0 Å². The summed E-state index contributed by atoms with van der Waals surface area (Å²) in [4.78, 5) is 33.7. The average molecular weight is 596 g/mol. The number of nitrogens with zero attached hydrogens (tertiary/aromatic N) is 6. The SMILES string of the molecule is C=N/C(=C\N=C(/C)N1CCC2(CC1)Cc1ncccc1[C@H]2N)Sc1ccc2ncn(CC3(F)COC3)c(=O)c2c1Cl. The number of nitrogens with two attached hydrogens (primary N) is 1. The lowest BCUT2D eigenvalue weighted by molar-refractivity contribution is -0.137. The number of likely N-dealkylation sites (tertiary alicyclic amines) is 1. The van der Waals surface area contributed by atoms with Crippen molar-refractivity contribution in [3.8, 4) is 0 Å². The minimum atomic E-state index is -1.57. The standard InChI is InChI=1S/C29H31ClFN7O2S/c1-18(37-10-7-28(8-11-37)12-21-19(26(28)32)4-3-9-34-21)35-13-23(33-2)41-22-6-5-20-24(25(22)30)27(39)38(17-36-20)14-29(31)15-40-16-29/h3-6,9,13,17,26H,2,7-8,10-12,14-16,32H2,1H3/b23-13+,35-18+/t26-/m1/s1. The van der Waals surface area contributed by atoms with Crippen LogP contribution in [0.3, 0.4) is 0 Å². The number of thioether (sulfide) groups is 1. The number of hydrogen-bond donors (Lipinski definition) is 1. The fraction of sp³-hybridized carbons (Fsp3) is 0.414. The van der Waals surface area contributed by atoms with Crippen LogP contribution in [0.5, 0.6) is 0 Å². The normalized spacial score (nSPS) is 21.7. The zero-order valence-electron chi connectivity index (χ0n) is 22.7. The number of alkyl halides is 1. The Balaban J connectivity index is 1.16. The molecule has 41 heavy (non-hydrogen) atoms. The highest BCUT2D eigenvalue weighted by atomic mass is 35.5. The maximum Gasteiger partial charge on any atom is 0.262 e. The first-order chi connectivity index (χ1) is 19.7. The maximum absolute atomic E-state index is 14.6. The highest BCUT2D eigenvalue weighted by Crippen LogP contribution is 2.50. The van der Waals surface area contributed by atoms with E-state index < -0.39 is 11.2 Å². The number of aliphatic imine (C=N–C) groups is 2. The lowest BCUT2D eigenvalue weighted by Gasteiger charge is -2.42. The van der Waals surface area contributed by atoms with Gasteiger partial charge in [0.05, 0.1) is 48.2 Å². The van der Waals surface area contributed by atoms with Crippen molar-refractivity contribution in [2.45, 2.75) is 49.3 Å². The van der Waals surface area contributed by atoms with Crippen LogP contribution < -0.4 is 11.3 Å². The van der Waals surface area contributed by atoms with Crippen molar-refractivity contribution >= 4 is 46.8 Å². The molecule has 0 unspecified atom stereocenters. The topological polar surface area (TPSA) is 111 Å². The minimum absolute atomic E-state index is 0.00907. The fourth-order valence-corrected chi connectivity index (χ4v) is 7.04. The summed E-state index contributed by atoms with van der Waals surface area (Å²) in [5.41, 5.74) is 7.50. The third-order valence-corrected chi connectivity index (χ3v) is 9.97. The Morgan fingerprint density at radius 3 is 2.78 bits per heavy atom. The zero-order chi connectivity index (χ0) is 28.8. The first-order valence-corrected chi connectivity index (χ1v) is 14.7. The molecular weight excluding hydrogens is 565 g/mol. The van der Waals surface area contributed by atoms with Gasteiger partial charge in [-0.3, -0.25) is 19.3 Å². The molecule has 0 saturated carbocycles. The van der Waals surface area contributed by atoms with Crippen molar-refractivity contribution in [1.82, 2.24) is 19.4 Å². The van der Waals surface area contributed by atoms with Gasteiger partial charge in [0, 0.05) is 35.9 Å². The van der Waals surface area contributed by atoms with Gasteiger partial charge in [0.1, 0.15) is 10.9 Å². The summed E-state index contributed by atoms with van der Waals surface area (Å²) < 4.78 is 20.8. The number of pyridine rings is 1. The summed E-state index contributed by atoms with van der Waals surface area (Å²) in [5, 5.41) is 0.991. The third-order valence-electron chi connectivity index (χ3n) is 8.46. The summed E-state index contributed by atoms with van der Waals surface area (Å²) in [5.74, 6) is 0.876. The van der Waals surface area contributed by atoms with Gasteiger partial charge in [-0.25, -0.2) is 14.4 Å². The molecule has 4 heterocycles. The molecule has 3 aromatic rings. The monoisotopic (exact) mass is 595 g/mol. The van der Waals surface area contributed by atoms with Crippen LogP contribution in [0.4, 0.5) is 4.39 Å². The van der Waals surface area contributed by atoms with Crippen molar-refractivity contribution in [2.24, 2.45) is 21.1 Å². The number of amidine groups is 1. The molecule has 214 valence electrons. The molecule has 2 aliphatic heterocycles. The van der Waals surface area contributed by atoms with E-state index in [-0.39, 0.29) is 41.6 Å². The van der Waals surface area contributed by atoms with Crippen LogP contribution in [-0.2, 0) is 17.7 Å². The number of benzene rings is 1. The first kappa shape index (κ1) is 28.0. The van der Waals surface area contributed by atoms with E-state index in [1.54, 1.807) is 18.3 Å². The van der Waals surface area contributed by atoms with Gasteiger partial charge < -0.3 is 15.4 Å². The lowest BCUT2D eigenvalue weighted by Crippen LogP contribution is -2.50. The number of fused-ring (bicyclic) bond motifs is 2. The number of piperidine rings is 1. The molecule has 1 aliphatic carbocycles. The van der Waals surface area contributed by atoms with Gasteiger partial charge in [-0.05, 0) is 62.1 Å². The van der Waals surface area contributed by atoms with E-state index in [2.05, 4.69) is 37.6 Å². The van der Waals surface area contributed by atoms with Crippen molar-refractivity contribution in [2.75, 3.05) is 26.3 Å². The molecule has 1 aromatic carbocycles. The molecule has 6 rings (SSSR count). The Hall–Kier alpha value is -3.12. The van der Waals surface area contributed by atoms with Crippen LogP contribution in [-0.4, -0.2) is 64.0 Å². The van der Waals surface area contributed by atoms with Crippen LogP contribution in [0.15, 0.2) is 67.7 Å². The molecule has 2 fully saturated rings. The molecule has 1 atom stereocenters. The Morgan fingerprint density at radius 2 is 2.10 bits per heavy atom. The molecule has 1 spiro atoms. The van der Waals surface area contributed by atoms with Gasteiger partial charge in [0.2, 0.25) is 0 Å². The molecule has 2 saturated heterocycles. The average Bonchev–Trinajstić information content (AvgIpc) is 3.23. The number of halogens is 2. The Labute approximate surface area is 246 Å². The molecule has 3 aliphatic rings. The smallest absolute Gasteiger partial charge is 0.262 e. The molecule has 9 nitrogen and oxygen atoms in total. The minimum Gasteiger partial charge on any atom is -0.374 e. The number of hydrogen-bond acceptors (Lipinski definition) is 8. The van der Waals surface area contributed by atoms with Gasteiger partial charge in [-0.1, -0.05) is 29.4 Å². The third kappa shape index (κ3) is 5.20. The van der Waals surface area contributed by atoms with Crippen LogP contribution in [0.1, 0.15) is 37.1 Å². The Bertz CT molecular complexity index is 1630. The summed E-state index contributed by atoms with van der Waals surface area (Å²) >= 11 is 7.94. The second-order valence-electron chi connectivity index (χ2n) is 11.0. The number of aromatic nitrogens is 3. The maximum atomic E-state index is 14.6. The molecule has 2 N–H and O–H groups in total. The van der Waals surface area contributed by atoms with Gasteiger partial charge in [-0.15, -0.1) is 0 Å². The van der Waals surface area contributed by atoms with Crippen LogP contribution in [0.2, 0.25) is 5.02 Å². The number of ether oxygens (including phenoxy) is 1. The van der Waals surface area contributed by atoms with E-state index in [4.69, 9.17) is 22.1 Å². The van der Waals surface area contributed by atoms with Crippen molar-refractivity contribution in [3.63, 3.8) is 0 Å². The largest absolute Gasteiger partial charge is 0.374 e. The predicted octanol–water partition coefficient (Wildman–Crippen LogP) is 4.53. The van der Waals surface area contributed by atoms with E-state index in [0.29, 0.717) is 15.4 Å². The summed E-state index contributed by atoms with van der Waals surface area (Å²) in [6, 6.07) is 7.57. The summed E-state index contributed by atoms with van der Waals surface area (Å²) in [6.45, 7) is 7.16. The highest BCUT2D eigenvalue weighted by molar-refractivity contribution is 8.03. The lowest BCUT2D eigenvalue weighted by atomic mass is 9.73. The zero-order valence-corrected chi connectivity index (χ0v) is 24.3.